The summed E-state index contributed by atoms with van der Waals surface area (Å²) in [5, 5.41) is 6.70. The van der Waals surface area contributed by atoms with Crippen molar-refractivity contribution in [1.29, 1.82) is 0 Å². The van der Waals surface area contributed by atoms with E-state index in [4.69, 9.17) is 4.74 Å². The SMILES string of the molecule is CN=C(NCCCOCC(C)C)NCc1ccc(Cn2cnc3ccccc32)cc1. The summed E-state index contributed by atoms with van der Waals surface area (Å²) in [5.41, 5.74) is 4.67. The maximum Gasteiger partial charge on any atom is 0.191 e. The van der Waals surface area contributed by atoms with Gasteiger partial charge in [-0.2, -0.15) is 0 Å². The number of nitrogens with zero attached hydrogens (tertiary/aromatic N) is 3. The maximum atomic E-state index is 5.61. The average Bonchev–Trinajstić information content (AvgIpc) is 3.16. The Labute approximate surface area is 179 Å². The van der Waals surface area contributed by atoms with Gasteiger partial charge in [0, 0.05) is 39.9 Å². The smallest absolute Gasteiger partial charge is 0.191 e. The van der Waals surface area contributed by atoms with Crippen molar-refractivity contribution >= 4 is 17.0 Å². The summed E-state index contributed by atoms with van der Waals surface area (Å²) in [6, 6.07) is 16.9. The van der Waals surface area contributed by atoms with Crippen LogP contribution in [-0.2, 0) is 17.8 Å². The van der Waals surface area contributed by atoms with Crippen LogP contribution in [-0.4, -0.2) is 42.3 Å². The topological polar surface area (TPSA) is 63.5 Å². The van der Waals surface area contributed by atoms with E-state index in [1.807, 2.05) is 18.5 Å². The molecule has 0 fully saturated rings. The van der Waals surface area contributed by atoms with Crippen molar-refractivity contribution in [3.8, 4) is 0 Å². The van der Waals surface area contributed by atoms with E-state index in [9.17, 15) is 0 Å². The number of benzene rings is 2. The quantitative estimate of drug-likeness (QED) is 0.305. The molecule has 0 atom stereocenters. The summed E-state index contributed by atoms with van der Waals surface area (Å²) in [6.45, 7) is 8.31. The summed E-state index contributed by atoms with van der Waals surface area (Å²) in [4.78, 5) is 8.75. The molecule has 0 saturated carbocycles. The van der Waals surface area contributed by atoms with Crippen LogP contribution in [0.4, 0.5) is 0 Å². The fourth-order valence-corrected chi connectivity index (χ4v) is 3.20. The standard InChI is InChI=1S/C24H33N5O/c1-19(2)17-30-14-6-13-26-24(25-3)27-15-20-9-11-21(12-10-20)16-29-18-28-22-7-4-5-8-23(22)29/h4-5,7-12,18-19H,6,13-17H2,1-3H3,(H2,25,26,27). The summed E-state index contributed by atoms with van der Waals surface area (Å²) >= 11 is 0. The Morgan fingerprint density at radius 1 is 1.07 bits per heavy atom. The largest absolute Gasteiger partial charge is 0.381 e. The molecule has 0 unspecified atom stereocenters. The van der Waals surface area contributed by atoms with Crippen molar-refractivity contribution in [2.75, 3.05) is 26.8 Å². The molecule has 0 bridgehead atoms. The van der Waals surface area contributed by atoms with Gasteiger partial charge in [0.2, 0.25) is 0 Å². The minimum absolute atomic E-state index is 0.582. The number of aliphatic imine (C=N–C) groups is 1. The van der Waals surface area contributed by atoms with Crippen molar-refractivity contribution in [3.63, 3.8) is 0 Å². The molecule has 0 spiro atoms. The van der Waals surface area contributed by atoms with Crippen LogP contribution in [0.25, 0.3) is 11.0 Å². The van der Waals surface area contributed by atoms with Crippen LogP contribution in [0.15, 0.2) is 59.9 Å². The average molecular weight is 408 g/mol. The van der Waals surface area contributed by atoms with Crippen LogP contribution in [0, 0.1) is 5.92 Å². The highest BCUT2D eigenvalue weighted by Gasteiger charge is 2.03. The number of hydrogen-bond acceptors (Lipinski definition) is 3. The zero-order valence-corrected chi connectivity index (χ0v) is 18.3. The highest BCUT2D eigenvalue weighted by Crippen LogP contribution is 2.14. The Hall–Kier alpha value is -2.86. The van der Waals surface area contributed by atoms with Crippen LogP contribution >= 0.6 is 0 Å². The summed E-state index contributed by atoms with van der Waals surface area (Å²) in [7, 11) is 1.79. The monoisotopic (exact) mass is 407 g/mol. The molecule has 0 aliphatic heterocycles. The molecule has 1 aromatic heterocycles. The third-order valence-corrected chi connectivity index (χ3v) is 4.80. The van der Waals surface area contributed by atoms with Crippen LogP contribution < -0.4 is 10.6 Å². The summed E-state index contributed by atoms with van der Waals surface area (Å²) in [6.07, 6.45) is 2.87. The molecule has 0 radical (unpaired) electrons. The lowest BCUT2D eigenvalue weighted by atomic mass is 10.1. The lowest BCUT2D eigenvalue weighted by Crippen LogP contribution is -2.37. The number of nitrogens with one attached hydrogen (secondary N) is 2. The number of fused-ring (bicyclic) bond motifs is 1. The van der Waals surface area contributed by atoms with E-state index in [1.54, 1.807) is 7.05 Å². The first kappa shape index (κ1) is 21.8. The molecule has 160 valence electrons. The first-order chi connectivity index (χ1) is 14.7. The lowest BCUT2D eigenvalue weighted by molar-refractivity contribution is 0.108. The third kappa shape index (κ3) is 6.59. The van der Waals surface area contributed by atoms with Crippen LogP contribution in [0.3, 0.4) is 0 Å². The minimum atomic E-state index is 0.582. The summed E-state index contributed by atoms with van der Waals surface area (Å²) in [5.74, 6) is 1.39. The lowest BCUT2D eigenvalue weighted by Gasteiger charge is -2.13. The molecule has 0 aliphatic rings. The van der Waals surface area contributed by atoms with Crippen LogP contribution in [0.2, 0.25) is 0 Å². The van der Waals surface area contributed by atoms with Gasteiger partial charge >= 0.3 is 0 Å². The van der Waals surface area contributed by atoms with Gasteiger partial charge in [-0.05, 0) is 35.6 Å². The highest BCUT2D eigenvalue weighted by atomic mass is 16.5. The molecule has 30 heavy (non-hydrogen) atoms. The van der Waals surface area contributed by atoms with E-state index in [2.05, 4.69) is 75.4 Å². The van der Waals surface area contributed by atoms with Gasteiger partial charge in [0.15, 0.2) is 5.96 Å². The van der Waals surface area contributed by atoms with E-state index in [-0.39, 0.29) is 0 Å². The number of aromatic nitrogens is 2. The molecule has 1 heterocycles. The second kappa shape index (κ2) is 11.4. The molecule has 6 nitrogen and oxygen atoms in total. The first-order valence-electron chi connectivity index (χ1n) is 10.7. The second-order valence-corrected chi connectivity index (χ2v) is 7.85. The van der Waals surface area contributed by atoms with E-state index >= 15 is 0 Å². The van der Waals surface area contributed by atoms with Crippen molar-refractivity contribution in [1.82, 2.24) is 20.2 Å². The van der Waals surface area contributed by atoms with Gasteiger partial charge in [-0.1, -0.05) is 50.2 Å². The Balaban J connectivity index is 1.42. The number of para-hydroxylation sites is 2. The van der Waals surface area contributed by atoms with E-state index < -0.39 is 0 Å². The molecule has 0 saturated heterocycles. The van der Waals surface area contributed by atoms with Gasteiger partial charge in [0.25, 0.3) is 0 Å². The van der Waals surface area contributed by atoms with Crippen molar-refractivity contribution < 1.29 is 4.74 Å². The predicted octanol–water partition coefficient (Wildman–Crippen LogP) is 3.81. The maximum absolute atomic E-state index is 5.61. The van der Waals surface area contributed by atoms with E-state index in [0.717, 1.165) is 56.3 Å². The zero-order valence-electron chi connectivity index (χ0n) is 18.3. The molecule has 3 aromatic rings. The number of rotatable bonds is 10. The molecule has 3 rings (SSSR count). The zero-order chi connectivity index (χ0) is 21.2. The molecule has 2 N–H and O–H groups in total. The Kier molecular flexibility index (Phi) is 8.27. The van der Waals surface area contributed by atoms with Gasteiger partial charge in [0.1, 0.15) is 0 Å². The molecular formula is C24H33N5O. The molecule has 0 amide bonds. The van der Waals surface area contributed by atoms with E-state index in [0.29, 0.717) is 5.92 Å². The predicted molar refractivity (Wildman–Crippen MR) is 124 cm³/mol. The Morgan fingerprint density at radius 2 is 1.83 bits per heavy atom. The van der Waals surface area contributed by atoms with Gasteiger partial charge in [0.05, 0.1) is 17.4 Å². The van der Waals surface area contributed by atoms with Crippen LogP contribution in [0.5, 0.6) is 0 Å². The van der Waals surface area contributed by atoms with Crippen molar-refractivity contribution in [3.05, 3.63) is 66.0 Å². The van der Waals surface area contributed by atoms with Gasteiger partial charge < -0.3 is 19.9 Å². The number of imidazole rings is 1. The summed E-state index contributed by atoms with van der Waals surface area (Å²) < 4.78 is 7.79. The van der Waals surface area contributed by atoms with Crippen LogP contribution in [0.1, 0.15) is 31.4 Å². The number of guanidine groups is 1. The third-order valence-electron chi connectivity index (χ3n) is 4.80. The van der Waals surface area contributed by atoms with Gasteiger partial charge in [-0.3, -0.25) is 4.99 Å². The minimum Gasteiger partial charge on any atom is -0.381 e. The molecule has 6 heteroatoms. The number of ether oxygens (including phenoxy) is 1. The van der Waals surface area contributed by atoms with Crippen molar-refractivity contribution in [2.45, 2.75) is 33.4 Å². The second-order valence-electron chi connectivity index (χ2n) is 7.85. The fraction of sp³-hybridized carbons (Fsp3) is 0.417. The first-order valence-corrected chi connectivity index (χ1v) is 10.7. The molecule has 0 aliphatic carbocycles. The Morgan fingerprint density at radius 3 is 2.60 bits per heavy atom. The van der Waals surface area contributed by atoms with Gasteiger partial charge in [-0.25, -0.2) is 4.98 Å². The van der Waals surface area contributed by atoms with Crippen molar-refractivity contribution in [2.24, 2.45) is 10.9 Å². The molecular weight excluding hydrogens is 374 g/mol. The van der Waals surface area contributed by atoms with E-state index in [1.165, 1.54) is 11.1 Å². The molecule has 2 aromatic carbocycles. The number of hydrogen-bond donors (Lipinski definition) is 2. The normalized spacial score (nSPS) is 11.9. The highest BCUT2D eigenvalue weighted by molar-refractivity contribution is 5.79. The van der Waals surface area contributed by atoms with Gasteiger partial charge in [-0.15, -0.1) is 0 Å². The fourth-order valence-electron chi connectivity index (χ4n) is 3.20. The Bertz CT molecular complexity index is 930.